The molecule has 0 aliphatic rings. The summed E-state index contributed by atoms with van der Waals surface area (Å²) in [6, 6.07) is 4.49. The van der Waals surface area contributed by atoms with Crippen LogP contribution in [0.5, 0.6) is 5.75 Å². The molecule has 18 heavy (non-hydrogen) atoms. The predicted octanol–water partition coefficient (Wildman–Crippen LogP) is 1.71. The first-order valence-electron chi connectivity index (χ1n) is 5.24. The van der Waals surface area contributed by atoms with Crippen LogP contribution in [0.25, 0.3) is 0 Å². The molecule has 0 spiro atoms. The number of thiocarbonyl (C=S) groups is 1. The number of benzene rings is 1. The minimum atomic E-state index is -0.366. The Hall–Kier alpha value is -1.95. The zero-order valence-electron chi connectivity index (χ0n) is 9.76. The molecule has 0 unspecified atom stereocenters. The van der Waals surface area contributed by atoms with E-state index >= 15 is 0 Å². The standard InChI is InChI=1S/C12H12FN3OS/c1-17-11-5-15-16(7-11)6-8-2-9(12(14)18)4-10(13)3-8/h2-5,7H,6H2,1H3,(H2,14,18). The van der Waals surface area contributed by atoms with Crippen molar-refractivity contribution in [2.45, 2.75) is 6.54 Å². The number of aromatic nitrogens is 2. The van der Waals surface area contributed by atoms with Gasteiger partial charge in [-0.3, -0.25) is 4.68 Å². The molecule has 0 radical (unpaired) electrons. The molecule has 1 heterocycles. The van der Waals surface area contributed by atoms with Gasteiger partial charge in [-0.15, -0.1) is 0 Å². The second kappa shape index (κ2) is 5.14. The minimum absolute atomic E-state index is 0.175. The van der Waals surface area contributed by atoms with E-state index in [4.69, 9.17) is 22.7 Å². The number of methoxy groups -OCH3 is 1. The van der Waals surface area contributed by atoms with Gasteiger partial charge in [-0.2, -0.15) is 5.10 Å². The summed E-state index contributed by atoms with van der Waals surface area (Å²) in [4.78, 5) is 0.175. The molecular formula is C12H12FN3OS. The van der Waals surface area contributed by atoms with Gasteiger partial charge in [0.1, 0.15) is 10.8 Å². The monoisotopic (exact) mass is 265 g/mol. The topological polar surface area (TPSA) is 53.1 Å². The van der Waals surface area contributed by atoms with Crippen LogP contribution in [0.3, 0.4) is 0 Å². The van der Waals surface area contributed by atoms with Crippen LogP contribution >= 0.6 is 12.2 Å². The zero-order chi connectivity index (χ0) is 13.1. The molecule has 0 amide bonds. The summed E-state index contributed by atoms with van der Waals surface area (Å²) in [6.45, 7) is 0.427. The zero-order valence-corrected chi connectivity index (χ0v) is 10.6. The number of rotatable bonds is 4. The van der Waals surface area contributed by atoms with Crippen LogP contribution in [0.2, 0.25) is 0 Å². The molecule has 1 aromatic carbocycles. The summed E-state index contributed by atoms with van der Waals surface area (Å²) in [5, 5.41) is 4.09. The fraction of sp³-hybridized carbons (Fsp3) is 0.167. The third-order valence-electron chi connectivity index (χ3n) is 2.43. The second-order valence-electron chi connectivity index (χ2n) is 3.79. The number of hydrogen-bond acceptors (Lipinski definition) is 3. The molecule has 94 valence electrons. The Balaban J connectivity index is 2.25. The molecule has 0 saturated carbocycles. The van der Waals surface area contributed by atoms with Crippen LogP contribution in [0, 0.1) is 5.82 Å². The highest BCUT2D eigenvalue weighted by molar-refractivity contribution is 7.80. The first-order valence-corrected chi connectivity index (χ1v) is 5.65. The molecule has 0 aliphatic heterocycles. The Bertz CT molecular complexity index is 582. The molecule has 6 heteroatoms. The lowest BCUT2D eigenvalue weighted by molar-refractivity contribution is 0.414. The predicted molar refractivity (Wildman–Crippen MR) is 70.2 cm³/mol. The lowest BCUT2D eigenvalue weighted by Gasteiger charge is -2.05. The van der Waals surface area contributed by atoms with Crippen molar-refractivity contribution in [3.63, 3.8) is 0 Å². The van der Waals surface area contributed by atoms with Crippen LogP contribution in [0.4, 0.5) is 4.39 Å². The Kier molecular flexibility index (Phi) is 3.57. The first kappa shape index (κ1) is 12.5. The second-order valence-corrected chi connectivity index (χ2v) is 4.23. The van der Waals surface area contributed by atoms with Gasteiger partial charge < -0.3 is 10.5 Å². The molecule has 0 saturated heterocycles. The van der Waals surface area contributed by atoms with Gasteiger partial charge in [0.05, 0.1) is 26.0 Å². The van der Waals surface area contributed by atoms with E-state index in [1.165, 1.54) is 12.1 Å². The molecule has 0 bridgehead atoms. The molecule has 0 fully saturated rings. The van der Waals surface area contributed by atoms with Crippen LogP contribution in [-0.4, -0.2) is 21.9 Å². The fourth-order valence-corrected chi connectivity index (χ4v) is 1.73. The quantitative estimate of drug-likeness (QED) is 0.855. The molecule has 0 atom stereocenters. The summed E-state index contributed by atoms with van der Waals surface area (Å²) < 4.78 is 20.1. The van der Waals surface area contributed by atoms with Gasteiger partial charge in [-0.1, -0.05) is 12.2 Å². The van der Waals surface area contributed by atoms with E-state index in [1.807, 2.05) is 0 Å². The molecule has 1 aromatic heterocycles. The van der Waals surface area contributed by atoms with E-state index < -0.39 is 0 Å². The smallest absolute Gasteiger partial charge is 0.156 e. The van der Waals surface area contributed by atoms with E-state index in [0.29, 0.717) is 17.9 Å². The van der Waals surface area contributed by atoms with Crippen LogP contribution in [0.1, 0.15) is 11.1 Å². The molecule has 2 aromatic rings. The van der Waals surface area contributed by atoms with Gasteiger partial charge >= 0.3 is 0 Å². The Morgan fingerprint density at radius 2 is 2.28 bits per heavy atom. The number of nitrogens with zero attached hydrogens (tertiary/aromatic N) is 2. The highest BCUT2D eigenvalue weighted by Gasteiger charge is 2.05. The Morgan fingerprint density at radius 1 is 1.50 bits per heavy atom. The van der Waals surface area contributed by atoms with Crippen LogP contribution < -0.4 is 10.5 Å². The average molecular weight is 265 g/mol. The summed E-state index contributed by atoms with van der Waals surface area (Å²) in [7, 11) is 1.56. The van der Waals surface area contributed by atoms with E-state index in [1.54, 1.807) is 30.3 Å². The lowest BCUT2D eigenvalue weighted by atomic mass is 10.1. The third kappa shape index (κ3) is 2.84. The van der Waals surface area contributed by atoms with Crippen molar-refractivity contribution in [2.24, 2.45) is 5.73 Å². The largest absolute Gasteiger partial charge is 0.493 e. The third-order valence-corrected chi connectivity index (χ3v) is 2.67. The van der Waals surface area contributed by atoms with E-state index in [-0.39, 0.29) is 10.8 Å². The first-order chi connectivity index (χ1) is 8.58. The molecule has 4 nitrogen and oxygen atoms in total. The maximum atomic E-state index is 13.4. The van der Waals surface area contributed by atoms with E-state index in [0.717, 1.165) is 5.56 Å². The number of halogens is 1. The van der Waals surface area contributed by atoms with Crippen LogP contribution in [0.15, 0.2) is 30.6 Å². The lowest BCUT2D eigenvalue weighted by Crippen LogP contribution is -2.11. The average Bonchev–Trinajstić information content (AvgIpc) is 2.76. The number of nitrogens with two attached hydrogens (primary N) is 1. The van der Waals surface area contributed by atoms with Crippen molar-refractivity contribution >= 4 is 17.2 Å². The van der Waals surface area contributed by atoms with Gasteiger partial charge in [0.15, 0.2) is 5.75 Å². The summed E-state index contributed by atoms with van der Waals surface area (Å²) in [6.07, 6.45) is 3.32. The van der Waals surface area contributed by atoms with Crippen molar-refractivity contribution in [2.75, 3.05) is 7.11 Å². The van der Waals surface area contributed by atoms with Crippen molar-refractivity contribution in [3.05, 3.63) is 47.5 Å². The van der Waals surface area contributed by atoms with Crippen molar-refractivity contribution < 1.29 is 9.13 Å². The number of hydrogen-bond donors (Lipinski definition) is 1. The van der Waals surface area contributed by atoms with Gasteiger partial charge in [-0.25, -0.2) is 4.39 Å². The Morgan fingerprint density at radius 3 is 2.89 bits per heavy atom. The highest BCUT2D eigenvalue weighted by Crippen LogP contribution is 2.13. The molecule has 0 aliphatic carbocycles. The normalized spacial score (nSPS) is 10.3. The highest BCUT2D eigenvalue weighted by atomic mass is 32.1. The van der Waals surface area contributed by atoms with Crippen molar-refractivity contribution in [1.29, 1.82) is 0 Å². The number of ether oxygens (including phenoxy) is 1. The van der Waals surface area contributed by atoms with Gasteiger partial charge in [0, 0.05) is 5.56 Å². The summed E-state index contributed by atoms with van der Waals surface area (Å²) in [5.74, 6) is 0.287. The maximum absolute atomic E-state index is 13.4. The van der Waals surface area contributed by atoms with Gasteiger partial charge in [0.2, 0.25) is 0 Å². The Labute approximate surface area is 109 Å². The fourth-order valence-electron chi connectivity index (χ4n) is 1.61. The molecule has 2 N–H and O–H groups in total. The van der Waals surface area contributed by atoms with Crippen LogP contribution in [-0.2, 0) is 6.54 Å². The van der Waals surface area contributed by atoms with E-state index in [9.17, 15) is 4.39 Å². The maximum Gasteiger partial charge on any atom is 0.156 e. The summed E-state index contributed by atoms with van der Waals surface area (Å²) >= 11 is 4.84. The van der Waals surface area contributed by atoms with E-state index in [2.05, 4.69) is 5.10 Å². The molecular weight excluding hydrogens is 253 g/mol. The SMILES string of the molecule is COc1cnn(Cc2cc(F)cc(C(N)=S)c2)c1. The van der Waals surface area contributed by atoms with Gasteiger partial charge in [0.25, 0.3) is 0 Å². The van der Waals surface area contributed by atoms with Gasteiger partial charge in [-0.05, 0) is 23.8 Å². The molecule has 2 rings (SSSR count). The minimum Gasteiger partial charge on any atom is -0.493 e. The van der Waals surface area contributed by atoms with Crippen molar-refractivity contribution in [1.82, 2.24) is 9.78 Å². The van der Waals surface area contributed by atoms with Crippen molar-refractivity contribution in [3.8, 4) is 5.75 Å². The summed E-state index contributed by atoms with van der Waals surface area (Å²) in [5.41, 5.74) is 6.75.